The minimum absolute atomic E-state index is 0.0918. The number of hydrogen-bond donors (Lipinski definition) is 1. The van der Waals surface area contributed by atoms with Gasteiger partial charge >= 0.3 is 0 Å². The first-order chi connectivity index (χ1) is 15.8. The second-order valence-corrected chi connectivity index (χ2v) is 8.42. The Morgan fingerprint density at radius 3 is 2.33 bits per heavy atom. The molecule has 1 amide bonds. The Morgan fingerprint density at radius 2 is 1.76 bits per heavy atom. The highest BCUT2D eigenvalue weighted by atomic mass is 35.5. The molecule has 2 aromatic carbocycles. The number of hydrogen-bond acceptors (Lipinski definition) is 5. The predicted octanol–water partition coefficient (Wildman–Crippen LogP) is 4.81. The van der Waals surface area contributed by atoms with Crippen LogP contribution in [0, 0.1) is 6.92 Å². The van der Waals surface area contributed by atoms with Gasteiger partial charge in [0.05, 0.1) is 18.2 Å². The normalized spacial score (nSPS) is 17.8. The third-order valence-corrected chi connectivity index (χ3v) is 6.29. The number of ether oxygens (including phenoxy) is 1. The summed E-state index contributed by atoms with van der Waals surface area (Å²) < 4.78 is 5.54. The molecule has 1 aliphatic rings. The van der Waals surface area contributed by atoms with Crippen molar-refractivity contribution in [3.63, 3.8) is 0 Å². The van der Waals surface area contributed by atoms with Crippen molar-refractivity contribution in [2.24, 2.45) is 0 Å². The Bertz CT molecular complexity index is 1040. The number of nitrogens with zero attached hydrogens (tertiary/aromatic N) is 2. The van der Waals surface area contributed by atoms with Crippen LogP contribution in [-0.2, 0) is 9.59 Å². The Morgan fingerprint density at radius 1 is 1.09 bits per heavy atom. The molecule has 1 N–H and O–H groups in total. The Kier molecular flexibility index (Phi) is 8.16. The number of carbonyl (C=O) groups excluding carboxylic acids is 2. The van der Waals surface area contributed by atoms with Gasteiger partial charge in [0.25, 0.3) is 11.7 Å². The highest BCUT2D eigenvalue weighted by Crippen LogP contribution is 2.40. The van der Waals surface area contributed by atoms with Crippen molar-refractivity contribution in [1.29, 1.82) is 0 Å². The van der Waals surface area contributed by atoms with Gasteiger partial charge in [-0.15, -0.1) is 0 Å². The molecule has 1 atom stereocenters. The van der Waals surface area contributed by atoms with Gasteiger partial charge in [-0.05, 0) is 68.4 Å². The summed E-state index contributed by atoms with van der Waals surface area (Å²) in [6.07, 6.45) is 0. The van der Waals surface area contributed by atoms with Crippen LogP contribution in [-0.4, -0.2) is 59.4 Å². The van der Waals surface area contributed by atoms with E-state index in [1.54, 1.807) is 41.3 Å². The molecule has 3 rings (SSSR count). The van der Waals surface area contributed by atoms with Crippen molar-refractivity contribution < 1.29 is 19.4 Å². The maximum absolute atomic E-state index is 13.2. The third-order valence-electron chi connectivity index (χ3n) is 6.04. The lowest BCUT2D eigenvalue weighted by molar-refractivity contribution is -0.140. The van der Waals surface area contributed by atoms with Gasteiger partial charge in [-0.2, -0.15) is 0 Å². The topological polar surface area (TPSA) is 70.1 Å². The van der Waals surface area contributed by atoms with Gasteiger partial charge in [-0.3, -0.25) is 9.59 Å². The van der Waals surface area contributed by atoms with Crippen LogP contribution < -0.4 is 4.74 Å². The second-order valence-electron chi connectivity index (χ2n) is 7.98. The van der Waals surface area contributed by atoms with Crippen LogP contribution in [0.5, 0.6) is 5.75 Å². The number of likely N-dealkylation sites (tertiary alicyclic amines) is 1. The number of aliphatic hydroxyl groups is 1. The number of carbonyl (C=O) groups is 2. The average molecular weight is 471 g/mol. The number of benzene rings is 2. The first-order valence-electron chi connectivity index (χ1n) is 11.3. The van der Waals surface area contributed by atoms with E-state index in [1.165, 1.54) is 0 Å². The number of aliphatic hydroxyl groups excluding tert-OH is 1. The Balaban J connectivity index is 2.10. The van der Waals surface area contributed by atoms with E-state index >= 15 is 0 Å². The van der Waals surface area contributed by atoms with Gasteiger partial charge in [0.15, 0.2) is 0 Å². The van der Waals surface area contributed by atoms with Crippen LogP contribution in [0.1, 0.15) is 43.5 Å². The van der Waals surface area contributed by atoms with Gasteiger partial charge in [-0.25, -0.2) is 0 Å². The summed E-state index contributed by atoms with van der Waals surface area (Å²) >= 11 is 6.08. The van der Waals surface area contributed by atoms with E-state index in [2.05, 4.69) is 18.7 Å². The minimum atomic E-state index is -0.691. The molecule has 0 radical (unpaired) electrons. The van der Waals surface area contributed by atoms with Crippen LogP contribution in [0.3, 0.4) is 0 Å². The first-order valence-corrected chi connectivity index (χ1v) is 11.7. The monoisotopic (exact) mass is 470 g/mol. The average Bonchev–Trinajstić information content (AvgIpc) is 3.05. The van der Waals surface area contributed by atoms with Crippen LogP contribution >= 0.6 is 11.6 Å². The number of ketones is 1. The maximum atomic E-state index is 13.2. The number of amides is 1. The van der Waals surface area contributed by atoms with Crippen molar-refractivity contribution in [2.75, 3.05) is 32.8 Å². The zero-order valence-electron chi connectivity index (χ0n) is 19.6. The van der Waals surface area contributed by atoms with Crippen molar-refractivity contribution in [2.45, 2.75) is 33.7 Å². The minimum Gasteiger partial charge on any atom is -0.507 e. The van der Waals surface area contributed by atoms with E-state index in [0.717, 1.165) is 24.2 Å². The SMILES string of the molecule is CCOc1ccc(/C(O)=C2/C(=O)C(=O)N(CCN(CC)CC)C2c2ccc(Cl)cc2)c(C)c1. The summed E-state index contributed by atoms with van der Waals surface area (Å²) in [5, 5.41) is 11.8. The molecule has 0 aliphatic carbocycles. The van der Waals surface area contributed by atoms with Gasteiger partial charge in [-0.1, -0.05) is 37.6 Å². The van der Waals surface area contributed by atoms with Crippen molar-refractivity contribution >= 4 is 29.1 Å². The summed E-state index contributed by atoms with van der Waals surface area (Å²) in [6, 6.07) is 11.6. The van der Waals surface area contributed by atoms with Gasteiger partial charge in [0, 0.05) is 23.7 Å². The summed E-state index contributed by atoms with van der Waals surface area (Å²) in [6.45, 7) is 11.1. The zero-order chi connectivity index (χ0) is 24.1. The summed E-state index contributed by atoms with van der Waals surface area (Å²) in [5.74, 6) is -0.785. The van der Waals surface area contributed by atoms with Crippen LogP contribution in [0.15, 0.2) is 48.0 Å². The molecule has 0 saturated carbocycles. The molecule has 0 bridgehead atoms. The quantitative estimate of drug-likeness (QED) is 0.323. The fourth-order valence-corrected chi connectivity index (χ4v) is 4.32. The van der Waals surface area contributed by atoms with E-state index in [-0.39, 0.29) is 11.3 Å². The lowest BCUT2D eigenvalue weighted by Gasteiger charge is -2.28. The summed E-state index contributed by atoms with van der Waals surface area (Å²) in [7, 11) is 0. The van der Waals surface area contributed by atoms with Crippen molar-refractivity contribution in [3.05, 3.63) is 69.8 Å². The molecule has 33 heavy (non-hydrogen) atoms. The molecule has 1 saturated heterocycles. The van der Waals surface area contributed by atoms with Crippen LogP contribution in [0.4, 0.5) is 0 Å². The molecular weight excluding hydrogens is 440 g/mol. The number of halogens is 1. The Hall–Kier alpha value is -2.83. The van der Waals surface area contributed by atoms with Gasteiger partial charge in [0.2, 0.25) is 0 Å². The molecule has 1 aliphatic heterocycles. The fourth-order valence-electron chi connectivity index (χ4n) is 4.19. The van der Waals surface area contributed by atoms with E-state index < -0.39 is 17.7 Å². The summed E-state index contributed by atoms with van der Waals surface area (Å²) in [5.41, 5.74) is 2.07. The van der Waals surface area contributed by atoms with E-state index in [4.69, 9.17) is 16.3 Å². The Labute approximate surface area is 200 Å². The van der Waals surface area contributed by atoms with Crippen LogP contribution in [0.2, 0.25) is 5.02 Å². The fraction of sp³-hybridized carbons (Fsp3) is 0.385. The van der Waals surface area contributed by atoms with Crippen LogP contribution in [0.25, 0.3) is 5.76 Å². The predicted molar refractivity (Wildman–Crippen MR) is 131 cm³/mol. The van der Waals surface area contributed by atoms with Crippen molar-refractivity contribution in [3.8, 4) is 5.75 Å². The van der Waals surface area contributed by atoms with Gasteiger partial charge < -0.3 is 19.6 Å². The molecule has 2 aromatic rings. The maximum Gasteiger partial charge on any atom is 0.295 e. The first kappa shape index (κ1) is 24.8. The number of aryl methyl sites for hydroxylation is 1. The molecule has 176 valence electrons. The lowest BCUT2D eigenvalue weighted by Crippen LogP contribution is -2.38. The molecule has 1 unspecified atom stereocenters. The smallest absolute Gasteiger partial charge is 0.295 e. The second kappa shape index (κ2) is 10.9. The van der Waals surface area contributed by atoms with Gasteiger partial charge in [0.1, 0.15) is 11.5 Å². The number of likely N-dealkylation sites (N-methyl/N-ethyl adjacent to an activating group) is 1. The van der Waals surface area contributed by atoms with E-state index in [1.807, 2.05) is 19.9 Å². The number of Topliss-reactive ketones (excluding diaryl/α,β-unsaturated/α-hetero) is 1. The molecule has 6 nitrogen and oxygen atoms in total. The highest BCUT2D eigenvalue weighted by Gasteiger charge is 2.46. The third kappa shape index (κ3) is 5.23. The molecule has 7 heteroatoms. The van der Waals surface area contributed by atoms with Crippen molar-refractivity contribution in [1.82, 2.24) is 9.80 Å². The lowest BCUT2D eigenvalue weighted by atomic mass is 9.94. The highest BCUT2D eigenvalue weighted by molar-refractivity contribution is 6.46. The molecular formula is C26H31ClN2O4. The van der Waals surface area contributed by atoms with E-state index in [0.29, 0.717) is 36.0 Å². The summed E-state index contributed by atoms with van der Waals surface area (Å²) in [4.78, 5) is 30.0. The molecule has 0 spiro atoms. The number of rotatable bonds is 9. The zero-order valence-corrected chi connectivity index (χ0v) is 20.4. The molecule has 1 fully saturated rings. The molecule has 0 aromatic heterocycles. The standard InChI is InChI=1S/C26H31ClN2O4/c1-5-28(6-2)14-15-29-23(18-8-10-19(27)11-9-18)22(25(31)26(29)32)24(30)21-13-12-20(33-7-3)16-17(21)4/h8-13,16,23,30H,5-7,14-15H2,1-4H3/b24-22-. The molecule has 1 heterocycles. The van der Waals surface area contributed by atoms with E-state index in [9.17, 15) is 14.7 Å². The largest absolute Gasteiger partial charge is 0.507 e.